The summed E-state index contributed by atoms with van der Waals surface area (Å²) in [7, 11) is 0. The van der Waals surface area contributed by atoms with E-state index in [1.807, 2.05) is 42.5 Å². The normalized spacial score (nSPS) is 11.4. The van der Waals surface area contributed by atoms with E-state index in [0.29, 0.717) is 18.7 Å². The van der Waals surface area contributed by atoms with Gasteiger partial charge in [0.05, 0.1) is 0 Å². The smallest absolute Gasteiger partial charge is 0.344 e. The summed E-state index contributed by atoms with van der Waals surface area (Å²) in [6.45, 7) is 1.93. The van der Waals surface area contributed by atoms with Crippen LogP contribution in [0.15, 0.2) is 59.1 Å². The Morgan fingerprint density at radius 1 is 1.08 bits per heavy atom. The van der Waals surface area contributed by atoms with Crippen molar-refractivity contribution in [3.8, 4) is 5.75 Å². The fourth-order valence-corrected chi connectivity index (χ4v) is 2.35. The molecule has 0 bridgehead atoms. The van der Waals surface area contributed by atoms with Crippen molar-refractivity contribution >= 4 is 27.8 Å². The Bertz CT molecular complexity index is 688. The molecular formula is C19H20BrNO4. The number of amides is 1. The zero-order chi connectivity index (χ0) is 18.1. The molecule has 0 fully saturated rings. The molecule has 25 heavy (non-hydrogen) atoms. The van der Waals surface area contributed by atoms with E-state index < -0.39 is 12.1 Å². The van der Waals surface area contributed by atoms with Crippen LogP contribution in [0, 0.1) is 0 Å². The maximum absolute atomic E-state index is 12.2. The first kappa shape index (κ1) is 19.0. The van der Waals surface area contributed by atoms with Gasteiger partial charge in [-0.05, 0) is 36.2 Å². The molecule has 0 aliphatic heterocycles. The molecule has 132 valence electrons. The summed E-state index contributed by atoms with van der Waals surface area (Å²) in [5.74, 6) is -0.338. The van der Waals surface area contributed by atoms with Gasteiger partial charge in [0.1, 0.15) is 5.75 Å². The quantitative estimate of drug-likeness (QED) is 0.682. The van der Waals surface area contributed by atoms with Crippen molar-refractivity contribution in [3.63, 3.8) is 0 Å². The van der Waals surface area contributed by atoms with E-state index in [2.05, 4.69) is 21.2 Å². The third-order valence-electron chi connectivity index (χ3n) is 3.42. The SMILES string of the molecule is CCC(OC(=O)COc1ccc(Br)cc1)C(=O)NCc1ccccc1. The van der Waals surface area contributed by atoms with Gasteiger partial charge in [0, 0.05) is 11.0 Å². The van der Waals surface area contributed by atoms with Crippen molar-refractivity contribution in [2.75, 3.05) is 6.61 Å². The summed E-state index contributed by atoms with van der Waals surface area (Å²) in [5.41, 5.74) is 0.982. The van der Waals surface area contributed by atoms with Gasteiger partial charge < -0.3 is 14.8 Å². The van der Waals surface area contributed by atoms with Crippen LogP contribution < -0.4 is 10.1 Å². The summed E-state index contributed by atoms with van der Waals surface area (Å²) in [6.07, 6.45) is -0.435. The molecule has 0 saturated carbocycles. The number of benzene rings is 2. The average Bonchev–Trinajstić information content (AvgIpc) is 2.64. The predicted octanol–water partition coefficient (Wildman–Crippen LogP) is 3.47. The number of hydrogen-bond acceptors (Lipinski definition) is 4. The summed E-state index contributed by atoms with van der Waals surface area (Å²) in [5, 5.41) is 2.77. The van der Waals surface area contributed by atoms with Gasteiger partial charge in [-0.1, -0.05) is 53.2 Å². The van der Waals surface area contributed by atoms with Crippen LogP contribution in [0.1, 0.15) is 18.9 Å². The molecule has 0 radical (unpaired) electrons. The molecule has 0 aromatic heterocycles. The van der Waals surface area contributed by atoms with Crippen LogP contribution in [0.2, 0.25) is 0 Å². The van der Waals surface area contributed by atoms with Crippen molar-refractivity contribution in [1.82, 2.24) is 5.32 Å². The van der Waals surface area contributed by atoms with Crippen LogP contribution >= 0.6 is 15.9 Å². The minimum absolute atomic E-state index is 0.246. The van der Waals surface area contributed by atoms with Crippen molar-refractivity contribution in [2.24, 2.45) is 0 Å². The lowest BCUT2D eigenvalue weighted by atomic mass is 10.2. The molecule has 1 N–H and O–H groups in total. The number of carbonyl (C=O) groups excluding carboxylic acids is 2. The van der Waals surface area contributed by atoms with Gasteiger partial charge in [-0.2, -0.15) is 0 Å². The third-order valence-corrected chi connectivity index (χ3v) is 3.95. The highest BCUT2D eigenvalue weighted by Crippen LogP contribution is 2.16. The highest BCUT2D eigenvalue weighted by atomic mass is 79.9. The predicted molar refractivity (Wildman–Crippen MR) is 98.1 cm³/mol. The standard InChI is InChI=1S/C19H20BrNO4/c1-2-17(19(23)21-12-14-6-4-3-5-7-14)25-18(22)13-24-16-10-8-15(20)9-11-16/h3-11,17H,2,12-13H2,1H3,(H,21,23). The number of nitrogens with one attached hydrogen (secondary N) is 1. The monoisotopic (exact) mass is 405 g/mol. The Morgan fingerprint density at radius 3 is 2.40 bits per heavy atom. The molecule has 2 aromatic carbocycles. The van der Waals surface area contributed by atoms with Gasteiger partial charge >= 0.3 is 5.97 Å². The lowest BCUT2D eigenvalue weighted by Crippen LogP contribution is -2.38. The van der Waals surface area contributed by atoms with E-state index in [1.54, 1.807) is 19.1 Å². The molecule has 0 aliphatic carbocycles. The number of esters is 1. The fraction of sp³-hybridized carbons (Fsp3) is 0.263. The van der Waals surface area contributed by atoms with Crippen LogP contribution in [0.4, 0.5) is 0 Å². The highest BCUT2D eigenvalue weighted by molar-refractivity contribution is 9.10. The van der Waals surface area contributed by atoms with E-state index in [4.69, 9.17) is 9.47 Å². The van der Waals surface area contributed by atoms with Gasteiger partial charge in [-0.15, -0.1) is 0 Å². The van der Waals surface area contributed by atoms with Crippen molar-refractivity contribution < 1.29 is 19.1 Å². The van der Waals surface area contributed by atoms with Gasteiger partial charge in [-0.3, -0.25) is 4.79 Å². The van der Waals surface area contributed by atoms with E-state index in [-0.39, 0.29) is 12.5 Å². The molecule has 0 aliphatic rings. The van der Waals surface area contributed by atoms with E-state index >= 15 is 0 Å². The van der Waals surface area contributed by atoms with Crippen LogP contribution in [0.5, 0.6) is 5.75 Å². The number of ether oxygens (including phenoxy) is 2. The number of hydrogen-bond donors (Lipinski definition) is 1. The Balaban J connectivity index is 1.78. The van der Waals surface area contributed by atoms with Gasteiger partial charge in [0.25, 0.3) is 5.91 Å². The second-order valence-corrected chi connectivity index (χ2v) is 6.25. The second kappa shape index (κ2) is 9.84. The molecular weight excluding hydrogens is 386 g/mol. The van der Waals surface area contributed by atoms with Crippen molar-refractivity contribution in [2.45, 2.75) is 26.0 Å². The van der Waals surface area contributed by atoms with E-state index in [1.165, 1.54) is 0 Å². The Morgan fingerprint density at radius 2 is 1.76 bits per heavy atom. The zero-order valence-electron chi connectivity index (χ0n) is 13.9. The minimum Gasteiger partial charge on any atom is -0.482 e. The lowest BCUT2D eigenvalue weighted by molar-refractivity contribution is -0.158. The maximum atomic E-state index is 12.2. The van der Waals surface area contributed by atoms with E-state index in [9.17, 15) is 9.59 Å². The molecule has 5 nitrogen and oxygen atoms in total. The highest BCUT2D eigenvalue weighted by Gasteiger charge is 2.21. The Hall–Kier alpha value is -2.34. The molecule has 0 spiro atoms. The lowest BCUT2D eigenvalue weighted by Gasteiger charge is -2.16. The summed E-state index contributed by atoms with van der Waals surface area (Å²) in [6, 6.07) is 16.6. The summed E-state index contributed by atoms with van der Waals surface area (Å²) in [4.78, 5) is 24.1. The second-order valence-electron chi connectivity index (χ2n) is 5.33. The van der Waals surface area contributed by atoms with Crippen LogP contribution in [0.25, 0.3) is 0 Å². The van der Waals surface area contributed by atoms with Crippen molar-refractivity contribution in [3.05, 3.63) is 64.6 Å². The average molecular weight is 406 g/mol. The molecule has 1 unspecified atom stereocenters. The zero-order valence-corrected chi connectivity index (χ0v) is 15.5. The van der Waals surface area contributed by atoms with E-state index in [0.717, 1.165) is 10.0 Å². The largest absolute Gasteiger partial charge is 0.482 e. The Kier molecular flexibility index (Phi) is 7.47. The molecule has 0 saturated heterocycles. The topological polar surface area (TPSA) is 64.6 Å². The first-order chi connectivity index (χ1) is 12.1. The van der Waals surface area contributed by atoms with Gasteiger partial charge in [0.2, 0.25) is 0 Å². The van der Waals surface area contributed by atoms with Crippen LogP contribution in [-0.4, -0.2) is 24.6 Å². The van der Waals surface area contributed by atoms with Crippen LogP contribution in [-0.2, 0) is 20.9 Å². The van der Waals surface area contributed by atoms with Crippen LogP contribution in [0.3, 0.4) is 0 Å². The fourth-order valence-electron chi connectivity index (χ4n) is 2.09. The first-order valence-corrected chi connectivity index (χ1v) is 8.77. The molecule has 1 amide bonds. The minimum atomic E-state index is -0.829. The number of halogens is 1. The summed E-state index contributed by atoms with van der Waals surface area (Å²) < 4.78 is 11.5. The van der Waals surface area contributed by atoms with Gasteiger partial charge in [-0.25, -0.2) is 4.79 Å². The van der Waals surface area contributed by atoms with Crippen molar-refractivity contribution in [1.29, 1.82) is 0 Å². The molecule has 1 atom stereocenters. The number of carbonyl (C=O) groups is 2. The molecule has 2 aromatic rings. The third kappa shape index (κ3) is 6.58. The number of rotatable bonds is 8. The molecule has 6 heteroatoms. The maximum Gasteiger partial charge on any atom is 0.344 e. The molecule has 0 heterocycles. The van der Waals surface area contributed by atoms with Gasteiger partial charge in [0.15, 0.2) is 12.7 Å². The first-order valence-electron chi connectivity index (χ1n) is 7.98. The summed E-state index contributed by atoms with van der Waals surface area (Å²) >= 11 is 3.32. The molecule has 2 rings (SSSR count). The Labute approximate surface area is 155 Å².